The molecule has 0 unspecified atom stereocenters. The summed E-state index contributed by atoms with van der Waals surface area (Å²) in [6.45, 7) is 1.88. The van der Waals surface area contributed by atoms with Gasteiger partial charge in [-0.2, -0.15) is 0 Å². The number of rotatable bonds is 4. The van der Waals surface area contributed by atoms with Crippen LogP contribution in [0.15, 0.2) is 36.4 Å². The summed E-state index contributed by atoms with van der Waals surface area (Å²) >= 11 is 5.68. The van der Waals surface area contributed by atoms with Crippen LogP contribution in [0.2, 0.25) is 5.02 Å². The molecule has 2 rings (SSSR count). The molecule has 2 aromatic carbocycles. The topological polar surface area (TPSA) is 55.2 Å². The summed E-state index contributed by atoms with van der Waals surface area (Å²) in [7, 11) is 0. The number of hydrogen-bond donors (Lipinski definition) is 1. The SMILES string of the molecule is Cc1c(NCc2ccc(Cl)cc2F)cccc1[N+](=O)[O-]. The highest BCUT2D eigenvalue weighted by Gasteiger charge is 2.13. The van der Waals surface area contributed by atoms with Crippen molar-refractivity contribution in [3.63, 3.8) is 0 Å². The number of anilines is 1. The molecule has 0 aliphatic heterocycles. The molecular weight excluding hydrogens is 283 g/mol. The van der Waals surface area contributed by atoms with Gasteiger partial charge in [0, 0.05) is 34.4 Å². The van der Waals surface area contributed by atoms with Gasteiger partial charge in [0.1, 0.15) is 5.82 Å². The highest BCUT2D eigenvalue weighted by Crippen LogP contribution is 2.25. The van der Waals surface area contributed by atoms with Crippen molar-refractivity contribution in [3.05, 3.63) is 68.5 Å². The van der Waals surface area contributed by atoms with E-state index in [2.05, 4.69) is 5.32 Å². The second-order valence-corrected chi connectivity index (χ2v) is 4.73. The Morgan fingerprint density at radius 3 is 2.75 bits per heavy atom. The Kier molecular flexibility index (Phi) is 4.20. The first kappa shape index (κ1) is 14.3. The summed E-state index contributed by atoms with van der Waals surface area (Å²) < 4.78 is 13.6. The summed E-state index contributed by atoms with van der Waals surface area (Å²) in [5.41, 5.74) is 1.60. The Hall–Kier alpha value is -2.14. The van der Waals surface area contributed by atoms with Crippen LogP contribution in [0.4, 0.5) is 15.8 Å². The number of halogens is 2. The number of benzene rings is 2. The molecule has 0 saturated carbocycles. The van der Waals surface area contributed by atoms with Crippen molar-refractivity contribution >= 4 is 23.0 Å². The smallest absolute Gasteiger partial charge is 0.274 e. The Morgan fingerprint density at radius 1 is 1.35 bits per heavy atom. The number of nitro benzene ring substituents is 1. The minimum absolute atomic E-state index is 0.0339. The predicted molar refractivity (Wildman–Crippen MR) is 76.6 cm³/mol. The van der Waals surface area contributed by atoms with Crippen molar-refractivity contribution in [3.8, 4) is 0 Å². The van der Waals surface area contributed by atoms with Gasteiger partial charge >= 0.3 is 0 Å². The van der Waals surface area contributed by atoms with Gasteiger partial charge in [-0.25, -0.2) is 4.39 Å². The van der Waals surface area contributed by atoms with Gasteiger partial charge in [0.2, 0.25) is 0 Å². The molecule has 0 aromatic heterocycles. The molecule has 0 amide bonds. The Morgan fingerprint density at radius 2 is 2.10 bits per heavy atom. The molecule has 0 aliphatic carbocycles. The molecule has 1 N–H and O–H groups in total. The van der Waals surface area contributed by atoms with Gasteiger partial charge in [-0.3, -0.25) is 10.1 Å². The van der Waals surface area contributed by atoms with Crippen molar-refractivity contribution in [2.75, 3.05) is 5.32 Å². The number of nitrogens with zero attached hydrogens (tertiary/aromatic N) is 1. The summed E-state index contributed by atoms with van der Waals surface area (Å²) in [4.78, 5) is 10.4. The molecule has 0 aliphatic rings. The normalized spacial score (nSPS) is 10.3. The van der Waals surface area contributed by atoms with Crippen LogP contribution in [-0.4, -0.2) is 4.92 Å². The zero-order chi connectivity index (χ0) is 14.7. The number of hydrogen-bond acceptors (Lipinski definition) is 3. The third-order valence-corrected chi connectivity index (χ3v) is 3.22. The second-order valence-electron chi connectivity index (χ2n) is 4.30. The lowest BCUT2D eigenvalue weighted by molar-refractivity contribution is -0.385. The first-order chi connectivity index (χ1) is 9.49. The van der Waals surface area contributed by atoms with E-state index in [4.69, 9.17) is 11.6 Å². The van der Waals surface area contributed by atoms with Crippen molar-refractivity contribution in [1.29, 1.82) is 0 Å². The monoisotopic (exact) mass is 294 g/mol. The highest BCUT2D eigenvalue weighted by atomic mass is 35.5. The quantitative estimate of drug-likeness (QED) is 0.675. The van der Waals surface area contributed by atoms with Crippen LogP contribution in [0.3, 0.4) is 0 Å². The zero-order valence-electron chi connectivity index (χ0n) is 10.7. The van der Waals surface area contributed by atoms with Crippen LogP contribution in [0.5, 0.6) is 0 Å². The second kappa shape index (κ2) is 5.88. The highest BCUT2D eigenvalue weighted by molar-refractivity contribution is 6.30. The molecule has 0 heterocycles. The first-order valence-corrected chi connectivity index (χ1v) is 6.28. The van der Waals surface area contributed by atoms with Gasteiger partial charge in [-0.05, 0) is 25.1 Å². The van der Waals surface area contributed by atoms with Crippen LogP contribution < -0.4 is 5.32 Å². The molecule has 0 atom stereocenters. The summed E-state index contributed by atoms with van der Waals surface area (Å²) in [5, 5.41) is 14.2. The molecule has 0 radical (unpaired) electrons. The van der Waals surface area contributed by atoms with Crippen molar-refractivity contribution in [1.82, 2.24) is 0 Å². The lowest BCUT2D eigenvalue weighted by atomic mass is 10.1. The van der Waals surface area contributed by atoms with Crippen LogP contribution in [-0.2, 0) is 6.54 Å². The van der Waals surface area contributed by atoms with Crippen molar-refractivity contribution in [2.24, 2.45) is 0 Å². The van der Waals surface area contributed by atoms with E-state index < -0.39 is 10.7 Å². The Labute approximate surface area is 120 Å². The van der Waals surface area contributed by atoms with Gasteiger partial charge in [-0.1, -0.05) is 23.7 Å². The van der Waals surface area contributed by atoms with E-state index in [1.807, 2.05) is 0 Å². The van der Waals surface area contributed by atoms with Gasteiger partial charge < -0.3 is 5.32 Å². The van der Waals surface area contributed by atoms with Crippen molar-refractivity contribution in [2.45, 2.75) is 13.5 Å². The fourth-order valence-corrected chi connectivity index (χ4v) is 2.03. The fraction of sp³-hybridized carbons (Fsp3) is 0.143. The largest absolute Gasteiger partial charge is 0.380 e. The van der Waals surface area contributed by atoms with E-state index >= 15 is 0 Å². The Bertz CT molecular complexity index is 662. The average molecular weight is 295 g/mol. The standard InChI is InChI=1S/C14H12ClFN2O2/c1-9-13(3-2-4-14(9)18(19)20)17-8-10-5-6-11(15)7-12(10)16/h2-7,17H,8H2,1H3. The minimum Gasteiger partial charge on any atom is -0.380 e. The lowest BCUT2D eigenvalue weighted by Crippen LogP contribution is -2.04. The fourth-order valence-electron chi connectivity index (χ4n) is 1.87. The molecule has 0 saturated heterocycles. The summed E-state index contributed by atoms with van der Waals surface area (Å²) in [6, 6.07) is 9.16. The first-order valence-electron chi connectivity index (χ1n) is 5.91. The molecular formula is C14H12ClFN2O2. The minimum atomic E-state index is -0.441. The lowest BCUT2D eigenvalue weighted by Gasteiger charge is -2.10. The van der Waals surface area contributed by atoms with E-state index in [1.54, 1.807) is 31.2 Å². The van der Waals surface area contributed by atoms with E-state index in [0.717, 1.165) is 0 Å². The molecule has 104 valence electrons. The van der Waals surface area contributed by atoms with Crippen LogP contribution in [0.1, 0.15) is 11.1 Å². The molecule has 4 nitrogen and oxygen atoms in total. The predicted octanol–water partition coefficient (Wildman–Crippen LogP) is 4.31. The molecule has 20 heavy (non-hydrogen) atoms. The average Bonchev–Trinajstić information content (AvgIpc) is 2.39. The van der Waals surface area contributed by atoms with Gasteiger partial charge in [-0.15, -0.1) is 0 Å². The van der Waals surface area contributed by atoms with E-state index in [-0.39, 0.29) is 12.2 Å². The molecule has 0 bridgehead atoms. The van der Waals surface area contributed by atoms with E-state index in [0.29, 0.717) is 21.8 Å². The van der Waals surface area contributed by atoms with E-state index in [9.17, 15) is 14.5 Å². The number of nitro groups is 1. The van der Waals surface area contributed by atoms with Gasteiger partial charge in [0.15, 0.2) is 0 Å². The molecule has 2 aromatic rings. The van der Waals surface area contributed by atoms with Crippen LogP contribution >= 0.6 is 11.6 Å². The third-order valence-electron chi connectivity index (χ3n) is 2.99. The number of nitrogens with one attached hydrogen (secondary N) is 1. The molecule has 6 heteroatoms. The van der Waals surface area contributed by atoms with E-state index in [1.165, 1.54) is 12.1 Å². The van der Waals surface area contributed by atoms with Gasteiger partial charge in [0.25, 0.3) is 5.69 Å². The van der Waals surface area contributed by atoms with Crippen LogP contribution in [0, 0.1) is 22.9 Å². The van der Waals surface area contributed by atoms with Crippen LogP contribution in [0.25, 0.3) is 0 Å². The zero-order valence-corrected chi connectivity index (χ0v) is 11.4. The summed E-state index contributed by atoms with van der Waals surface area (Å²) in [6.07, 6.45) is 0. The van der Waals surface area contributed by atoms with Gasteiger partial charge in [0.05, 0.1) is 4.92 Å². The molecule has 0 spiro atoms. The maximum Gasteiger partial charge on any atom is 0.274 e. The maximum atomic E-state index is 13.6. The maximum absolute atomic E-state index is 13.6. The Balaban J connectivity index is 2.19. The third kappa shape index (κ3) is 3.05. The van der Waals surface area contributed by atoms with Crippen molar-refractivity contribution < 1.29 is 9.31 Å². The molecule has 0 fully saturated rings. The summed E-state index contributed by atoms with van der Waals surface area (Å²) in [5.74, 6) is -0.409.